The maximum absolute atomic E-state index is 6.28. The van der Waals surface area contributed by atoms with Crippen molar-refractivity contribution >= 4 is 38.8 Å². The molecule has 0 radical (unpaired) electrons. The highest BCUT2D eigenvalue weighted by molar-refractivity contribution is 7.17. The highest BCUT2D eigenvalue weighted by Crippen LogP contribution is 2.47. The molecule has 0 aliphatic carbocycles. The van der Waals surface area contributed by atoms with Crippen LogP contribution in [0, 0.1) is 12.3 Å². The van der Waals surface area contributed by atoms with Gasteiger partial charge in [0.2, 0.25) is 11.8 Å². The summed E-state index contributed by atoms with van der Waals surface area (Å²) in [7, 11) is 0. The second kappa shape index (κ2) is 7.29. The summed E-state index contributed by atoms with van der Waals surface area (Å²) in [6.45, 7) is 5.79. The fraction of sp³-hybridized carbons (Fsp3) is 0.348. The van der Waals surface area contributed by atoms with Crippen LogP contribution >= 0.6 is 22.9 Å². The first-order valence-electron chi connectivity index (χ1n) is 10.5. The Hall–Kier alpha value is -2.48. The van der Waals surface area contributed by atoms with Crippen LogP contribution in [0.1, 0.15) is 28.8 Å². The average Bonchev–Trinajstić information content (AvgIpc) is 3.47. The van der Waals surface area contributed by atoms with Gasteiger partial charge in [-0.05, 0) is 36.2 Å². The van der Waals surface area contributed by atoms with Gasteiger partial charge in [-0.25, -0.2) is 4.98 Å². The van der Waals surface area contributed by atoms with Gasteiger partial charge in [0, 0.05) is 36.6 Å². The lowest BCUT2D eigenvalue weighted by molar-refractivity contribution is 0.154. The Labute approximate surface area is 189 Å². The SMILES string of the molecule is Cc1ccc(Cc2nnc(C3CN(c4cccc5ncsc45)CC34CNC4)o2)cc1Cl. The largest absolute Gasteiger partial charge is 0.425 e. The Morgan fingerprint density at radius 1 is 1.26 bits per heavy atom. The van der Waals surface area contributed by atoms with Crippen LogP contribution in [0.3, 0.4) is 0 Å². The molecule has 158 valence electrons. The summed E-state index contributed by atoms with van der Waals surface area (Å²) in [5.74, 6) is 1.59. The Balaban J connectivity index is 1.28. The zero-order chi connectivity index (χ0) is 21.0. The summed E-state index contributed by atoms with van der Waals surface area (Å²) in [6.07, 6.45) is 0.592. The Bertz CT molecular complexity index is 1260. The van der Waals surface area contributed by atoms with E-state index in [1.807, 2.05) is 24.6 Å². The molecule has 31 heavy (non-hydrogen) atoms. The van der Waals surface area contributed by atoms with Crippen LogP contribution in [0.25, 0.3) is 10.2 Å². The quantitative estimate of drug-likeness (QED) is 0.495. The molecule has 1 atom stereocenters. The number of rotatable bonds is 4. The van der Waals surface area contributed by atoms with Crippen molar-refractivity contribution in [2.45, 2.75) is 19.3 Å². The second-order valence-electron chi connectivity index (χ2n) is 8.67. The van der Waals surface area contributed by atoms with E-state index >= 15 is 0 Å². The highest BCUT2D eigenvalue weighted by Gasteiger charge is 2.53. The number of hydrogen-bond donors (Lipinski definition) is 1. The second-order valence-corrected chi connectivity index (χ2v) is 9.93. The maximum atomic E-state index is 6.28. The summed E-state index contributed by atoms with van der Waals surface area (Å²) in [6, 6.07) is 12.4. The molecule has 6 rings (SSSR count). The Kier molecular flexibility index (Phi) is 4.52. The molecule has 1 unspecified atom stereocenters. The van der Waals surface area contributed by atoms with Crippen molar-refractivity contribution in [2.24, 2.45) is 5.41 Å². The van der Waals surface area contributed by atoms with Crippen molar-refractivity contribution in [1.82, 2.24) is 20.5 Å². The molecule has 0 bridgehead atoms. The zero-order valence-electron chi connectivity index (χ0n) is 17.1. The van der Waals surface area contributed by atoms with Crippen LogP contribution in [0.4, 0.5) is 5.69 Å². The van der Waals surface area contributed by atoms with Gasteiger partial charge < -0.3 is 14.6 Å². The molecular formula is C23H22ClN5OS. The molecule has 2 aliphatic rings. The van der Waals surface area contributed by atoms with E-state index in [1.165, 1.54) is 10.4 Å². The van der Waals surface area contributed by atoms with Crippen molar-refractivity contribution < 1.29 is 4.42 Å². The van der Waals surface area contributed by atoms with Gasteiger partial charge in [-0.15, -0.1) is 21.5 Å². The van der Waals surface area contributed by atoms with E-state index in [4.69, 9.17) is 16.0 Å². The average molecular weight is 452 g/mol. The van der Waals surface area contributed by atoms with E-state index in [0.717, 1.165) is 53.7 Å². The normalized spacial score (nSPS) is 19.9. The van der Waals surface area contributed by atoms with Gasteiger partial charge >= 0.3 is 0 Å². The van der Waals surface area contributed by atoms with Crippen LogP contribution in [0.2, 0.25) is 5.02 Å². The van der Waals surface area contributed by atoms with Gasteiger partial charge in [-0.3, -0.25) is 0 Å². The Morgan fingerprint density at radius 3 is 2.97 bits per heavy atom. The lowest BCUT2D eigenvalue weighted by Crippen LogP contribution is -2.57. The van der Waals surface area contributed by atoms with E-state index < -0.39 is 0 Å². The van der Waals surface area contributed by atoms with Crippen molar-refractivity contribution in [3.8, 4) is 0 Å². The third kappa shape index (κ3) is 3.23. The first-order valence-corrected chi connectivity index (χ1v) is 11.7. The van der Waals surface area contributed by atoms with Crippen LogP contribution in [0.5, 0.6) is 0 Å². The molecule has 6 nitrogen and oxygen atoms in total. The molecule has 2 fully saturated rings. The number of aromatic nitrogens is 3. The topological polar surface area (TPSA) is 67.1 Å². The summed E-state index contributed by atoms with van der Waals surface area (Å²) in [5, 5.41) is 13.1. The van der Waals surface area contributed by atoms with Gasteiger partial charge in [0.25, 0.3) is 0 Å². The van der Waals surface area contributed by atoms with E-state index in [2.05, 4.69) is 49.7 Å². The molecule has 2 aromatic carbocycles. The number of fused-ring (bicyclic) bond motifs is 1. The summed E-state index contributed by atoms with van der Waals surface area (Å²) in [5.41, 5.74) is 6.51. The maximum Gasteiger partial charge on any atom is 0.222 e. The van der Waals surface area contributed by atoms with Crippen molar-refractivity contribution in [3.63, 3.8) is 0 Å². The van der Waals surface area contributed by atoms with Crippen LogP contribution in [-0.2, 0) is 6.42 Å². The molecule has 4 heterocycles. The van der Waals surface area contributed by atoms with Gasteiger partial charge in [0.1, 0.15) is 0 Å². The van der Waals surface area contributed by atoms with Gasteiger partial charge in [0.05, 0.1) is 33.8 Å². The highest BCUT2D eigenvalue weighted by atomic mass is 35.5. The smallest absolute Gasteiger partial charge is 0.222 e. The van der Waals surface area contributed by atoms with E-state index in [9.17, 15) is 0 Å². The molecule has 1 spiro atoms. The first kappa shape index (κ1) is 19.2. The number of hydrogen-bond acceptors (Lipinski definition) is 7. The monoisotopic (exact) mass is 451 g/mol. The van der Waals surface area contributed by atoms with Gasteiger partial charge in [-0.1, -0.05) is 29.8 Å². The predicted molar refractivity (Wildman–Crippen MR) is 123 cm³/mol. The molecule has 1 N–H and O–H groups in total. The number of nitrogens with one attached hydrogen (secondary N) is 1. The fourth-order valence-electron chi connectivity index (χ4n) is 4.82. The minimum absolute atomic E-state index is 0.129. The zero-order valence-corrected chi connectivity index (χ0v) is 18.7. The van der Waals surface area contributed by atoms with E-state index in [0.29, 0.717) is 12.3 Å². The summed E-state index contributed by atoms with van der Waals surface area (Å²) in [4.78, 5) is 6.95. The molecule has 2 aromatic heterocycles. The van der Waals surface area contributed by atoms with Crippen LogP contribution in [0.15, 0.2) is 46.3 Å². The number of anilines is 1. The molecule has 2 aliphatic heterocycles. The van der Waals surface area contributed by atoms with Crippen molar-refractivity contribution in [1.29, 1.82) is 0 Å². The Morgan fingerprint density at radius 2 is 2.16 bits per heavy atom. The minimum atomic E-state index is 0.129. The van der Waals surface area contributed by atoms with Gasteiger partial charge in [-0.2, -0.15) is 0 Å². The lowest BCUT2D eigenvalue weighted by Gasteiger charge is -2.42. The van der Waals surface area contributed by atoms with Gasteiger partial charge in [0.15, 0.2) is 0 Å². The molecular weight excluding hydrogens is 430 g/mol. The number of aryl methyl sites for hydroxylation is 1. The van der Waals surface area contributed by atoms with Crippen LogP contribution in [-0.4, -0.2) is 41.4 Å². The third-order valence-electron chi connectivity index (χ3n) is 6.65. The molecule has 0 amide bonds. The van der Waals surface area contributed by atoms with E-state index in [1.54, 1.807) is 11.3 Å². The van der Waals surface area contributed by atoms with Crippen molar-refractivity contribution in [3.05, 3.63) is 69.8 Å². The number of thiazole rings is 1. The number of benzene rings is 2. The first-order chi connectivity index (χ1) is 15.1. The minimum Gasteiger partial charge on any atom is -0.425 e. The molecule has 0 saturated carbocycles. The lowest BCUT2D eigenvalue weighted by atomic mass is 9.73. The summed E-state index contributed by atoms with van der Waals surface area (Å²) < 4.78 is 7.44. The van der Waals surface area contributed by atoms with Crippen molar-refractivity contribution in [2.75, 3.05) is 31.1 Å². The fourth-order valence-corrected chi connectivity index (χ4v) is 5.85. The standard InChI is InChI=1S/C23H22ClN5OS/c1-14-5-6-15(7-17(14)24)8-20-27-28-22(30-20)16-9-29(12-23(16)10-25-11-23)19-4-2-3-18-21(19)31-13-26-18/h2-7,13,16,25H,8-12H2,1H3. The molecule has 4 aromatic rings. The number of nitrogens with zero attached hydrogens (tertiary/aromatic N) is 4. The van der Waals surface area contributed by atoms with E-state index in [-0.39, 0.29) is 11.3 Å². The number of halogens is 1. The predicted octanol–water partition coefficient (Wildman–Crippen LogP) is 4.43. The molecule has 8 heteroatoms. The molecule has 2 saturated heterocycles. The third-order valence-corrected chi connectivity index (χ3v) is 7.92. The van der Waals surface area contributed by atoms with Crippen LogP contribution < -0.4 is 10.2 Å². The summed E-state index contributed by atoms with van der Waals surface area (Å²) >= 11 is 7.98.